The molecule has 2 N–H and O–H groups in total. The molecule has 0 spiro atoms. The zero-order chi connectivity index (χ0) is 17.5. The van der Waals surface area contributed by atoms with Crippen LogP contribution in [0.1, 0.15) is 31.0 Å². The van der Waals surface area contributed by atoms with Crippen LogP contribution in [-0.4, -0.2) is 12.2 Å². The molecular formula is C19H23FN2OS. The highest BCUT2D eigenvalue weighted by Gasteiger charge is 2.16. The van der Waals surface area contributed by atoms with Crippen molar-refractivity contribution in [1.29, 1.82) is 0 Å². The minimum atomic E-state index is -0.237. The Balaban J connectivity index is 1.96. The van der Waals surface area contributed by atoms with Gasteiger partial charge < -0.3 is 15.4 Å². The highest BCUT2D eigenvalue weighted by Crippen LogP contribution is 2.23. The summed E-state index contributed by atoms with van der Waals surface area (Å²) in [6.45, 7) is 4.84. The molecule has 128 valence electrons. The van der Waals surface area contributed by atoms with Crippen molar-refractivity contribution in [2.75, 3.05) is 7.11 Å². The van der Waals surface area contributed by atoms with Crippen LogP contribution in [0.4, 0.5) is 4.39 Å². The van der Waals surface area contributed by atoms with Gasteiger partial charge >= 0.3 is 0 Å². The second kappa shape index (κ2) is 8.64. The van der Waals surface area contributed by atoms with Crippen LogP contribution in [0.5, 0.6) is 5.75 Å². The van der Waals surface area contributed by atoms with E-state index in [9.17, 15) is 4.39 Å². The van der Waals surface area contributed by atoms with Crippen molar-refractivity contribution in [3.8, 4) is 5.75 Å². The lowest BCUT2D eigenvalue weighted by Crippen LogP contribution is -2.39. The van der Waals surface area contributed by atoms with Gasteiger partial charge in [-0.3, -0.25) is 0 Å². The summed E-state index contributed by atoms with van der Waals surface area (Å²) in [7, 11) is 1.65. The fourth-order valence-electron chi connectivity index (χ4n) is 2.42. The number of hydrogen-bond donors (Lipinski definition) is 2. The van der Waals surface area contributed by atoms with Gasteiger partial charge in [0.05, 0.1) is 13.2 Å². The third-order valence-corrected chi connectivity index (χ3v) is 4.06. The molecule has 0 saturated heterocycles. The molecule has 0 unspecified atom stereocenters. The van der Waals surface area contributed by atoms with E-state index >= 15 is 0 Å². The van der Waals surface area contributed by atoms with Gasteiger partial charge in [-0.2, -0.15) is 0 Å². The molecule has 0 amide bonds. The van der Waals surface area contributed by atoms with E-state index in [2.05, 4.69) is 24.5 Å². The van der Waals surface area contributed by atoms with Crippen LogP contribution in [0.3, 0.4) is 0 Å². The molecule has 0 aliphatic carbocycles. The third kappa shape index (κ3) is 5.20. The number of nitrogens with one attached hydrogen (secondary N) is 2. The average molecular weight is 346 g/mol. The predicted molar refractivity (Wildman–Crippen MR) is 99.5 cm³/mol. The summed E-state index contributed by atoms with van der Waals surface area (Å²) in [4.78, 5) is 0. The topological polar surface area (TPSA) is 33.3 Å². The Kier molecular flexibility index (Phi) is 6.55. The molecular weight excluding hydrogens is 323 g/mol. The van der Waals surface area contributed by atoms with Crippen LogP contribution in [0.2, 0.25) is 0 Å². The summed E-state index contributed by atoms with van der Waals surface area (Å²) in [6.07, 6.45) is 0. The van der Waals surface area contributed by atoms with Gasteiger partial charge in [-0.25, -0.2) is 4.39 Å². The lowest BCUT2D eigenvalue weighted by atomic mass is 9.96. The van der Waals surface area contributed by atoms with Crippen LogP contribution in [0.15, 0.2) is 48.5 Å². The fraction of sp³-hybridized carbons (Fsp3) is 0.316. The van der Waals surface area contributed by atoms with Gasteiger partial charge in [-0.05, 0) is 53.5 Å². The Morgan fingerprint density at radius 3 is 2.25 bits per heavy atom. The Morgan fingerprint density at radius 2 is 1.71 bits per heavy atom. The maximum absolute atomic E-state index is 12.9. The maximum Gasteiger partial charge on any atom is 0.167 e. The number of thiocarbonyl (C=S) groups is 1. The van der Waals surface area contributed by atoms with Crippen LogP contribution in [-0.2, 0) is 6.54 Å². The van der Waals surface area contributed by atoms with Crippen molar-refractivity contribution >= 4 is 17.3 Å². The van der Waals surface area contributed by atoms with E-state index in [0.29, 0.717) is 17.6 Å². The van der Waals surface area contributed by atoms with Crippen LogP contribution in [0, 0.1) is 11.7 Å². The first-order valence-electron chi connectivity index (χ1n) is 7.92. The molecule has 1 atom stereocenters. The SMILES string of the molecule is COc1ccc([C@H](NC(=S)NCc2ccc(F)cc2)C(C)C)cc1. The highest BCUT2D eigenvalue weighted by molar-refractivity contribution is 7.80. The monoisotopic (exact) mass is 346 g/mol. The molecule has 2 aromatic rings. The molecule has 0 saturated carbocycles. The Bertz CT molecular complexity index is 656. The molecule has 2 aromatic carbocycles. The van der Waals surface area contributed by atoms with Crippen molar-refractivity contribution in [1.82, 2.24) is 10.6 Å². The molecule has 0 radical (unpaired) electrons. The molecule has 5 heteroatoms. The number of halogens is 1. The fourth-order valence-corrected chi connectivity index (χ4v) is 2.62. The normalized spacial score (nSPS) is 11.9. The minimum absolute atomic E-state index is 0.101. The zero-order valence-electron chi connectivity index (χ0n) is 14.2. The lowest BCUT2D eigenvalue weighted by Gasteiger charge is -2.25. The molecule has 3 nitrogen and oxygen atoms in total. The summed E-state index contributed by atoms with van der Waals surface area (Å²) in [5.74, 6) is 0.959. The molecule has 0 aliphatic rings. The van der Waals surface area contributed by atoms with E-state index in [-0.39, 0.29) is 11.9 Å². The van der Waals surface area contributed by atoms with Crippen LogP contribution in [0.25, 0.3) is 0 Å². The first-order chi connectivity index (χ1) is 11.5. The van der Waals surface area contributed by atoms with Gasteiger partial charge in [-0.15, -0.1) is 0 Å². The van der Waals surface area contributed by atoms with E-state index in [1.165, 1.54) is 12.1 Å². The quantitative estimate of drug-likeness (QED) is 0.768. The number of methoxy groups -OCH3 is 1. The summed E-state index contributed by atoms with van der Waals surface area (Å²) < 4.78 is 18.1. The van der Waals surface area contributed by atoms with E-state index < -0.39 is 0 Å². The largest absolute Gasteiger partial charge is 0.497 e. The second-order valence-electron chi connectivity index (χ2n) is 5.95. The Labute approximate surface area is 148 Å². The molecule has 2 rings (SSSR count). The zero-order valence-corrected chi connectivity index (χ0v) is 15.0. The van der Waals surface area contributed by atoms with Crippen LogP contribution < -0.4 is 15.4 Å². The molecule has 0 fully saturated rings. The average Bonchev–Trinajstić information content (AvgIpc) is 2.59. The number of hydrogen-bond acceptors (Lipinski definition) is 2. The predicted octanol–water partition coefficient (Wildman–Crippen LogP) is 4.20. The summed E-state index contributed by atoms with van der Waals surface area (Å²) in [5.41, 5.74) is 2.13. The van der Waals surface area contributed by atoms with E-state index in [1.807, 2.05) is 24.3 Å². The van der Waals surface area contributed by atoms with Crippen LogP contribution >= 0.6 is 12.2 Å². The smallest absolute Gasteiger partial charge is 0.167 e. The van der Waals surface area contributed by atoms with Crippen molar-refractivity contribution < 1.29 is 9.13 Å². The van der Waals surface area contributed by atoms with Crippen molar-refractivity contribution in [3.63, 3.8) is 0 Å². The maximum atomic E-state index is 12.9. The van der Waals surface area contributed by atoms with E-state index in [4.69, 9.17) is 17.0 Å². The van der Waals surface area contributed by atoms with Crippen molar-refractivity contribution in [2.24, 2.45) is 5.92 Å². The second-order valence-corrected chi connectivity index (χ2v) is 6.36. The molecule has 0 aromatic heterocycles. The van der Waals surface area contributed by atoms with Gasteiger partial charge in [0.25, 0.3) is 0 Å². The van der Waals surface area contributed by atoms with Gasteiger partial charge in [0, 0.05) is 6.54 Å². The van der Waals surface area contributed by atoms with Gasteiger partial charge in [-0.1, -0.05) is 38.1 Å². The summed E-state index contributed by atoms with van der Waals surface area (Å²) >= 11 is 5.40. The Morgan fingerprint density at radius 1 is 1.08 bits per heavy atom. The first-order valence-corrected chi connectivity index (χ1v) is 8.33. The Hall–Kier alpha value is -2.14. The van der Waals surface area contributed by atoms with Crippen molar-refractivity contribution in [3.05, 3.63) is 65.5 Å². The molecule has 0 aliphatic heterocycles. The van der Waals surface area contributed by atoms with Gasteiger partial charge in [0.2, 0.25) is 0 Å². The molecule has 24 heavy (non-hydrogen) atoms. The van der Waals surface area contributed by atoms with Gasteiger partial charge in [0.1, 0.15) is 11.6 Å². The molecule has 0 heterocycles. The first kappa shape index (κ1) is 18.2. The number of ether oxygens (including phenoxy) is 1. The number of rotatable bonds is 6. The highest BCUT2D eigenvalue weighted by atomic mass is 32.1. The standard InChI is InChI=1S/C19H23FN2OS/c1-13(2)18(15-6-10-17(23-3)11-7-15)22-19(24)21-12-14-4-8-16(20)9-5-14/h4-11,13,18H,12H2,1-3H3,(H2,21,22,24)/t18-/m1/s1. The minimum Gasteiger partial charge on any atom is -0.497 e. The summed E-state index contributed by atoms with van der Waals surface area (Å²) in [6, 6.07) is 14.5. The molecule has 0 bridgehead atoms. The number of benzene rings is 2. The van der Waals surface area contributed by atoms with E-state index in [0.717, 1.165) is 16.9 Å². The summed E-state index contributed by atoms with van der Waals surface area (Å²) in [5, 5.41) is 7.10. The van der Waals surface area contributed by atoms with Crippen molar-refractivity contribution in [2.45, 2.75) is 26.4 Å². The lowest BCUT2D eigenvalue weighted by molar-refractivity contribution is 0.413. The van der Waals surface area contributed by atoms with Gasteiger partial charge in [0.15, 0.2) is 5.11 Å². The third-order valence-electron chi connectivity index (χ3n) is 3.79. The van der Waals surface area contributed by atoms with E-state index in [1.54, 1.807) is 19.2 Å².